The average Bonchev–Trinajstić information content (AvgIpc) is 2.55. The summed E-state index contributed by atoms with van der Waals surface area (Å²) in [6.07, 6.45) is 0. The Kier molecular flexibility index (Phi) is 5.55. The van der Waals surface area contributed by atoms with Gasteiger partial charge in [-0.2, -0.15) is 0 Å². The topological polar surface area (TPSA) is 66.5 Å². The van der Waals surface area contributed by atoms with Crippen molar-refractivity contribution in [2.75, 3.05) is 19.4 Å². The number of nitrogens with one attached hydrogen (secondary N) is 1. The second-order valence-corrected chi connectivity index (χ2v) is 8.08. The molecule has 0 unspecified atom stereocenters. The van der Waals surface area contributed by atoms with Crippen LogP contribution in [0.2, 0.25) is 0 Å². The molecule has 0 heterocycles. The van der Waals surface area contributed by atoms with E-state index < -0.39 is 39.1 Å². The van der Waals surface area contributed by atoms with Crippen LogP contribution in [-0.4, -0.2) is 32.7 Å². The monoisotopic (exact) mass is 436 g/mol. The van der Waals surface area contributed by atoms with Gasteiger partial charge in [0.05, 0.1) is 10.6 Å². The summed E-state index contributed by atoms with van der Waals surface area (Å²) in [5.41, 5.74) is -0.670. The highest BCUT2D eigenvalue weighted by molar-refractivity contribution is 9.10. The normalized spacial score (nSPS) is 11.6. The third-order valence-electron chi connectivity index (χ3n) is 3.24. The molecule has 0 aromatic heterocycles. The minimum absolute atomic E-state index is 0.104. The fraction of sp³-hybridized carbons (Fsp3) is 0.133. The van der Waals surface area contributed by atoms with Crippen molar-refractivity contribution in [1.82, 2.24) is 4.31 Å². The Morgan fingerprint density at radius 1 is 1.08 bits per heavy atom. The number of anilines is 1. The fourth-order valence-electron chi connectivity index (χ4n) is 1.86. The Morgan fingerprint density at radius 3 is 2.32 bits per heavy atom. The summed E-state index contributed by atoms with van der Waals surface area (Å²) in [7, 11) is -1.18. The second-order valence-electron chi connectivity index (χ2n) is 5.11. The van der Waals surface area contributed by atoms with Crippen molar-refractivity contribution in [2.24, 2.45) is 0 Å². The number of carbonyl (C=O) groups excluding carboxylic acids is 1. The van der Waals surface area contributed by atoms with E-state index >= 15 is 0 Å². The van der Waals surface area contributed by atoms with Gasteiger partial charge < -0.3 is 5.32 Å². The third kappa shape index (κ3) is 3.86. The lowest BCUT2D eigenvalue weighted by atomic mass is 10.2. The van der Waals surface area contributed by atoms with E-state index in [2.05, 4.69) is 21.2 Å². The average molecular weight is 437 g/mol. The van der Waals surface area contributed by atoms with E-state index in [1.165, 1.54) is 26.2 Å². The van der Waals surface area contributed by atoms with Gasteiger partial charge in [-0.15, -0.1) is 0 Å². The van der Waals surface area contributed by atoms with E-state index in [0.29, 0.717) is 6.07 Å². The summed E-state index contributed by atoms with van der Waals surface area (Å²) in [6.45, 7) is 0. The van der Waals surface area contributed by atoms with E-state index in [9.17, 15) is 26.4 Å². The largest absolute Gasteiger partial charge is 0.319 e. The minimum Gasteiger partial charge on any atom is -0.319 e. The lowest BCUT2D eigenvalue weighted by Crippen LogP contribution is -2.23. The van der Waals surface area contributed by atoms with Crippen molar-refractivity contribution in [3.8, 4) is 0 Å². The molecule has 0 fully saturated rings. The highest BCUT2D eigenvalue weighted by Crippen LogP contribution is 2.26. The first-order chi connectivity index (χ1) is 11.6. The van der Waals surface area contributed by atoms with Gasteiger partial charge in [0.1, 0.15) is 0 Å². The quantitative estimate of drug-likeness (QED) is 0.747. The summed E-state index contributed by atoms with van der Waals surface area (Å²) >= 11 is 3.09. The number of hydrogen-bond acceptors (Lipinski definition) is 3. The first-order valence-corrected chi connectivity index (χ1v) is 8.96. The molecule has 0 aliphatic heterocycles. The summed E-state index contributed by atoms with van der Waals surface area (Å²) < 4.78 is 65.4. The SMILES string of the molecule is CN(C)S(=O)(=O)c1cc(C(=O)Nc2ccc(F)c(F)c2F)ccc1Br. The number of carbonyl (C=O) groups is 1. The molecule has 0 spiro atoms. The van der Waals surface area contributed by atoms with Crippen molar-refractivity contribution >= 4 is 37.5 Å². The van der Waals surface area contributed by atoms with Crippen molar-refractivity contribution in [1.29, 1.82) is 0 Å². The molecule has 2 aromatic rings. The molecule has 2 aromatic carbocycles. The van der Waals surface area contributed by atoms with E-state index in [1.54, 1.807) is 0 Å². The van der Waals surface area contributed by atoms with E-state index in [4.69, 9.17) is 0 Å². The zero-order valence-corrected chi connectivity index (χ0v) is 15.4. The zero-order chi connectivity index (χ0) is 18.9. The van der Waals surface area contributed by atoms with E-state index in [-0.39, 0.29) is 14.9 Å². The molecule has 0 radical (unpaired) electrons. The number of sulfonamides is 1. The molecule has 10 heteroatoms. The van der Waals surface area contributed by atoms with Crippen LogP contribution in [-0.2, 0) is 10.0 Å². The van der Waals surface area contributed by atoms with Crippen molar-refractivity contribution in [3.63, 3.8) is 0 Å². The molecule has 0 saturated carbocycles. The Balaban J connectivity index is 2.40. The van der Waals surface area contributed by atoms with Gasteiger partial charge in [-0.25, -0.2) is 25.9 Å². The van der Waals surface area contributed by atoms with Crippen molar-refractivity contribution in [3.05, 3.63) is 57.8 Å². The standard InChI is InChI=1S/C15H12BrF3N2O3S/c1-21(2)25(23,24)12-7-8(3-4-9(12)16)15(22)20-11-6-5-10(17)13(18)14(11)19/h3-7H,1-2H3,(H,20,22). The number of nitrogens with zero attached hydrogens (tertiary/aromatic N) is 1. The van der Waals surface area contributed by atoms with Crippen LogP contribution in [0.3, 0.4) is 0 Å². The molecule has 1 amide bonds. The van der Waals surface area contributed by atoms with Crippen LogP contribution in [0.4, 0.5) is 18.9 Å². The lowest BCUT2D eigenvalue weighted by Gasteiger charge is -2.14. The molecule has 0 saturated heterocycles. The summed E-state index contributed by atoms with van der Waals surface area (Å²) in [6, 6.07) is 5.25. The second kappa shape index (κ2) is 7.14. The summed E-state index contributed by atoms with van der Waals surface area (Å²) in [4.78, 5) is 12.0. The Morgan fingerprint density at radius 2 is 1.72 bits per heavy atom. The lowest BCUT2D eigenvalue weighted by molar-refractivity contribution is 0.102. The van der Waals surface area contributed by atoms with Gasteiger partial charge in [0.25, 0.3) is 5.91 Å². The minimum atomic E-state index is -3.83. The maximum absolute atomic E-state index is 13.6. The predicted molar refractivity (Wildman–Crippen MR) is 89.3 cm³/mol. The molecule has 0 aliphatic carbocycles. The first-order valence-electron chi connectivity index (χ1n) is 6.72. The van der Waals surface area contributed by atoms with Gasteiger partial charge in [-0.05, 0) is 46.3 Å². The molecular formula is C15H12BrF3N2O3S. The molecule has 2 rings (SSSR count). The first kappa shape index (κ1) is 19.4. The molecule has 0 atom stereocenters. The van der Waals surface area contributed by atoms with Gasteiger partial charge in [-0.1, -0.05) is 0 Å². The van der Waals surface area contributed by atoms with Gasteiger partial charge in [-0.3, -0.25) is 4.79 Å². The number of halogens is 4. The van der Waals surface area contributed by atoms with Crippen LogP contribution in [0, 0.1) is 17.5 Å². The molecule has 1 N–H and O–H groups in total. The van der Waals surface area contributed by atoms with Crippen LogP contribution in [0.1, 0.15) is 10.4 Å². The van der Waals surface area contributed by atoms with Gasteiger partial charge in [0, 0.05) is 24.1 Å². The summed E-state index contributed by atoms with van der Waals surface area (Å²) in [5.74, 6) is -5.54. The summed E-state index contributed by atoms with van der Waals surface area (Å²) in [5, 5.41) is 2.08. The molecule has 134 valence electrons. The predicted octanol–water partition coefficient (Wildman–Crippen LogP) is 3.37. The maximum Gasteiger partial charge on any atom is 0.255 e. The highest BCUT2D eigenvalue weighted by atomic mass is 79.9. The van der Waals surface area contributed by atoms with Crippen molar-refractivity contribution in [2.45, 2.75) is 4.90 Å². The number of benzene rings is 2. The van der Waals surface area contributed by atoms with Gasteiger partial charge >= 0.3 is 0 Å². The van der Waals surface area contributed by atoms with Crippen LogP contribution < -0.4 is 5.32 Å². The van der Waals surface area contributed by atoms with Crippen LogP contribution in [0.25, 0.3) is 0 Å². The van der Waals surface area contributed by atoms with Crippen LogP contribution in [0.15, 0.2) is 39.7 Å². The third-order valence-corrected chi connectivity index (χ3v) is 6.04. The Bertz CT molecular complexity index is 949. The highest BCUT2D eigenvalue weighted by Gasteiger charge is 2.23. The maximum atomic E-state index is 13.6. The van der Waals surface area contributed by atoms with Gasteiger partial charge in [0.2, 0.25) is 10.0 Å². The number of rotatable bonds is 4. The number of amides is 1. The smallest absolute Gasteiger partial charge is 0.255 e. The molecular weight excluding hydrogens is 425 g/mol. The number of hydrogen-bond donors (Lipinski definition) is 1. The van der Waals surface area contributed by atoms with Gasteiger partial charge in [0.15, 0.2) is 17.5 Å². The van der Waals surface area contributed by atoms with Crippen molar-refractivity contribution < 1.29 is 26.4 Å². The molecule has 25 heavy (non-hydrogen) atoms. The molecule has 0 bridgehead atoms. The Hall–Kier alpha value is -1.91. The Labute approximate surface area is 150 Å². The van der Waals surface area contributed by atoms with Crippen LogP contribution >= 0.6 is 15.9 Å². The van der Waals surface area contributed by atoms with E-state index in [0.717, 1.165) is 16.4 Å². The molecule has 0 aliphatic rings. The fourth-order valence-corrected chi connectivity index (χ4v) is 3.70. The molecule has 5 nitrogen and oxygen atoms in total. The van der Waals surface area contributed by atoms with Crippen LogP contribution in [0.5, 0.6) is 0 Å². The zero-order valence-electron chi connectivity index (χ0n) is 13.0. The van der Waals surface area contributed by atoms with E-state index in [1.807, 2.05) is 0 Å².